The molecule has 5 nitrogen and oxygen atoms in total. The van der Waals surface area contributed by atoms with E-state index >= 15 is 0 Å². The lowest BCUT2D eigenvalue weighted by molar-refractivity contribution is 0.248. The fourth-order valence-electron chi connectivity index (χ4n) is 2.90. The zero-order chi connectivity index (χ0) is 16.8. The van der Waals surface area contributed by atoms with Gasteiger partial charge in [-0.05, 0) is 43.0 Å². The van der Waals surface area contributed by atoms with Gasteiger partial charge in [-0.25, -0.2) is 9.18 Å². The Morgan fingerprint density at radius 2 is 2.00 bits per heavy atom. The van der Waals surface area contributed by atoms with Gasteiger partial charge < -0.3 is 15.5 Å². The number of urea groups is 1. The zero-order valence-corrected chi connectivity index (χ0v) is 13.4. The predicted octanol–water partition coefficient (Wildman–Crippen LogP) is 3.26. The Labute approximate surface area is 140 Å². The number of benzene rings is 1. The SMILES string of the molecule is O=C(NCC1CCN(c2cccnc2)CC1)Nc1ccccc1F. The van der Waals surface area contributed by atoms with Gasteiger partial charge in [-0.15, -0.1) is 0 Å². The number of carbonyl (C=O) groups is 1. The van der Waals surface area contributed by atoms with Crippen molar-refractivity contribution in [3.05, 3.63) is 54.6 Å². The van der Waals surface area contributed by atoms with Gasteiger partial charge in [0, 0.05) is 25.8 Å². The van der Waals surface area contributed by atoms with E-state index in [2.05, 4.69) is 26.6 Å². The minimum atomic E-state index is -0.433. The Bertz CT molecular complexity index is 672. The van der Waals surface area contributed by atoms with Crippen LogP contribution in [0.2, 0.25) is 0 Å². The molecule has 0 spiro atoms. The van der Waals surface area contributed by atoms with Gasteiger partial charge in [0.25, 0.3) is 0 Å². The fourth-order valence-corrected chi connectivity index (χ4v) is 2.90. The fraction of sp³-hybridized carbons (Fsp3) is 0.333. The number of aromatic nitrogens is 1. The Balaban J connectivity index is 1.42. The average Bonchev–Trinajstić information content (AvgIpc) is 2.63. The van der Waals surface area contributed by atoms with Crippen LogP contribution in [-0.4, -0.2) is 30.6 Å². The van der Waals surface area contributed by atoms with Crippen molar-refractivity contribution in [1.82, 2.24) is 10.3 Å². The highest BCUT2D eigenvalue weighted by molar-refractivity contribution is 5.89. The number of nitrogens with one attached hydrogen (secondary N) is 2. The molecule has 1 fully saturated rings. The van der Waals surface area contributed by atoms with Gasteiger partial charge in [-0.3, -0.25) is 4.98 Å². The second-order valence-corrected chi connectivity index (χ2v) is 5.96. The molecule has 6 heteroatoms. The summed E-state index contributed by atoms with van der Waals surface area (Å²) in [6.07, 6.45) is 5.67. The lowest BCUT2D eigenvalue weighted by atomic mass is 9.96. The zero-order valence-electron chi connectivity index (χ0n) is 13.4. The van der Waals surface area contributed by atoms with E-state index in [1.165, 1.54) is 6.07 Å². The summed E-state index contributed by atoms with van der Waals surface area (Å²) in [6, 6.07) is 9.78. The van der Waals surface area contributed by atoms with Crippen LogP contribution >= 0.6 is 0 Å². The summed E-state index contributed by atoms with van der Waals surface area (Å²) in [5, 5.41) is 5.38. The summed E-state index contributed by atoms with van der Waals surface area (Å²) in [5.74, 6) is 0.00159. The van der Waals surface area contributed by atoms with E-state index in [0.29, 0.717) is 12.5 Å². The number of amides is 2. The lowest BCUT2D eigenvalue weighted by Crippen LogP contribution is -2.39. The Morgan fingerprint density at radius 1 is 1.21 bits per heavy atom. The van der Waals surface area contributed by atoms with Crippen LogP contribution in [0.5, 0.6) is 0 Å². The first kappa shape index (κ1) is 16.2. The van der Waals surface area contributed by atoms with Crippen molar-refractivity contribution in [2.24, 2.45) is 5.92 Å². The van der Waals surface area contributed by atoms with Crippen molar-refractivity contribution in [2.75, 3.05) is 29.9 Å². The average molecular weight is 328 g/mol. The summed E-state index contributed by atoms with van der Waals surface area (Å²) in [5.41, 5.74) is 1.34. The van der Waals surface area contributed by atoms with E-state index in [1.54, 1.807) is 24.4 Å². The van der Waals surface area contributed by atoms with Gasteiger partial charge in [0.1, 0.15) is 5.82 Å². The van der Waals surface area contributed by atoms with Gasteiger partial charge in [0.2, 0.25) is 0 Å². The number of hydrogen-bond acceptors (Lipinski definition) is 3. The standard InChI is InChI=1S/C18H21FN4O/c19-16-5-1-2-6-17(16)22-18(24)21-12-14-7-10-23(11-8-14)15-4-3-9-20-13-15/h1-6,9,13-14H,7-8,10-12H2,(H2,21,22,24). The maximum atomic E-state index is 13.5. The summed E-state index contributed by atoms with van der Waals surface area (Å²) >= 11 is 0. The monoisotopic (exact) mass is 328 g/mol. The molecule has 0 aliphatic carbocycles. The second-order valence-electron chi connectivity index (χ2n) is 5.96. The summed E-state index contributed by atoms with van der Waals surface area (Å²) in [4.78, 5) is 18.3. The number of carbonyl (C=O) groups excluding carboxylic acids is 1. The van der Waals surface area contributed by atoms with Crippen LogP contribution in [0.15, 0.2) is 48.8 Å². The normalized spacial score (nSPS) is 15.1. The number of para-hydroxylation sites is 1. The number of anilines is 2. The van der Waals surface area contributed by atoms with Crippen LogP contribution in [-0.2, 0) is 0 Å². The topological polar surface area (TPSA) is 57.3 Å². The van der Waals surface area contributed by atoms with Crippen LogP contribution < -0.4 is 15.5 Å². The maximum absolute atomic E-state index is 13.5. The molecule has 0 unspecified atom stereocenters. The third-order valence-corrected chi connectivity index (χ3v) is 4.30. The number of nitrogens with zero attached hydrogens (tertiary/aromatic N) is 2. The maximum Gasteiger partial charge on any atom is 0.319 e. The largest absolute Gasteiger partial charge is 0.370 e. The number of piperidine rings is 1. The van der Waals surface area contributed by atoms with Crippen molar-refractivity contribution in [2.45, 2.75) is 12.8 Å². The predicted molar refractivity (Wildman–Crippen MR) is 92.6 cm³/mol. The molecular weight excluding hydrogens is 307 g/mol. The molecule has 2 N–H and O–H groups in total. The van der Waals surface area contributed by atoms with Gasteiger partial charge >= 0.3 is 6.03 Å². The van der Waals surface area contributed by atoms with Crippen LogP contribution in [0.3, 0.4) is 0 Å². The highest BCUT2D eigenvalue weighted by Crippen LogP contribution is 2.22. The smallest absolute Gasteiger partial charge is 0.319 e. The summed E-state index contributed by atoms with van der Waals surface area (Å²) in [6.45, 7) is 2.50. The Kier molecular flexibility index (Phi) is 5.25. The third-order valence-electron chi connectivity index (χ3n) is 4.30. The van der Waals surface area contributed by atoms with Crippen molar-refractivity contribution >= 4 is 17.4 Å². The van der Waals surface area contributed by atoms with E-state index in [0.717, 1.165) is 31.6 Å². The van der Waals surface area contributed by atoms with Gasteiger partial charge in [0.05, 0.1) is 17.6 Å². The number of hydrogen-bond donors (Lipinski definition) is 2. The first-order chi connectivity index (χ1) is 11.7. The molecule has 0 radical (unpaired) electrons. The van der Waals surface area contributed by atoms with Gasteiger partial charge in [-0.2, -0.15) is 0 Å². The van der Waals surface area contributed by atoms with E-state index in [4.69, 9.17) is 0 Å². The first-order valence-electron chi connectivity index (χ1n) is 8.17. The molecule has 1 saturated heterocycles. The molecule has 0 atom stereocenters. The van der Waals surface area contributed by atoms with Crippen LogP contribution in [0.25, 0.3) is 0 Å². The minimum absolute atomic E-state index is 0.196. The molecule has 1 aromatic carbocycles. The molecule has 2 aromatic rings. The molecule has 0 saturated carbocycles. The number of pyridine rings is 1. The molecule has 126 valence electrons. The minimum Gasteiger partial charge on any atom is -0.370 e. The van der Waals surface area contributed by atoms with Crippen molar-refractivity contribution in [3.63, 3.8) is 0 Å². The van der Waals surface area contributed by atoms with E-state index < -0.39 is 5.82 Å². The summed E-state index contributed by atoms with van der Waals surface area (Å²) < 4.78 is 13.5. The van der Waals surface area contributed by atoms with Crippen LogP contribution in [0.1, 0.15) is 12.8 Å². The molecular formula is C18H21FN4O. The molecule has 1 aliphatic heterocycles. The van der Waals surface area contributed by atoms with Crippen molar-refractivity contribution < 1.29 is 9.18 Å². The molecule has 2 amide bonds. The van der Waals surface area contributed by atoms with Gasteiger partial charge in [0.15, 0.2) is 0 Å². The van der Waals surface area contributed by atoms with Gasteiger partial charge in [-0.1, -0.05) is 12.1 Å². The lowest BCUT2D eigenvalue weighted by Gasteiger charge is -2.33. The molecule has 3 rings (SSSR count). The Hall–Kier alpha value is -2.63. The Morgan fingerprint density at radius 3 is 2.71 bits per heavy atom. The first-order valence-corrected chi connectivity index (χ1v) is 8.17. The van der Waals surface area contributed by atoms with E-state index in [-0.39, 0.29) is 11.7 Å². The second kappa shape index (κ2) is 7.77. The summed E-state index contributed by atoms with van der Waals surface area (Å²) in [7, 11) is 0. The third kappa shape index (κ3) is 4.22. The quantitative estimate of drug-likeness (QED) is 0.906. The molecule has 1 aliphatic rings. The van der Waals surface area contributed by atoms with E-state index in [1.807, 2.05) is 12.3 Å². The van der Waals surface area contributed by atoms with Crippen molar-refractivity contribution in [3.8, 4) is 0 Å². The van der Waals surface area contributed by atoms with Crippen molar-refractivity contribution in [1.29, 1.82) is 0 Å². The van der Waals surface area contributed by atoms with E-state index in [9.17, 15) is 9.18 Å². The number of rotatable bonds is 4. The number of halogens is 1. The van der Waals surface area contributed by atoms with Crippen LogP contribution in [0.4, 0.5) is 20.6 Å². The molecule has 2 heterocycles. The molecule has 1 aromatic heterocycles. The molecule has 0 bridgehead atoms. The molecule has 24 heavy (non-hydrogen) atoms. The van der Waals surface area contributed by atoms with Crippen LogP contribution in [0, 0.1) is 11.7 Å². The highest BCUT2D eigenvalue weighted by Gasteiger charge is 2.20. The highest BCUT2D eigenvalue weighted by atomic mass is 19.1.